The van der Waals surface area contributed by atoms with E-state index in [2.05, 4.69) is 28.1 Å². The molecule has 76 valence electrons. The Bertz CT molecular complexity index is 312. The highest BCUT2D eigenvalue weighted by molar-refractivity contribution is 9.09. The van der Waals surface area contributed by atoms with Crippen LogP contribution in [0.1, 0.15) is 12.0 Å². The van der Waals surface area contributed by atoms with Crippen molar-refractivity contribution in [3.63, 3.8) is 0 Å². The summed E-state index contributed by atoms with van der Waals surface area (Å²) in [4.78, 5) is 0. The minimum absolute atomic E-state index is 0.755. The van der Waals surface area contributed by atoms with Gasteiger partial charge in [-0.2, -0.15) is 0 Å². The van der Waals surface area contributed by atoms with Gasteiger partial charge in [0.25, 0.3) is 0 Å². The molecule has 1 heterocycles. The van der Waals surface area contributed by atoms with Gasteiger partial charge in [0.15, 0.2) is 11.5 Å². The number of hydrogen-bond acceptors (Lipinski definition) is 2. The molecule has 0 spiro atoms. The van der Waals surface area contributed by atoms with Crippen LogP contribution in [0.4, 0.5) is 0 Å². The molecule has 1 aliphatic rings. The Hall–Kier alpha value is -0.700. The number of rotatable bonds is 2. The van der Waals surface area contributed by atoms with Crippen LogP contribution in [0.15, 0.2) is 18.2 Å². The summed E-state index contributed by atoms with van der Waals surface area (Å²) in [6.07, 6.45) is 1.99. The first kappa shape index (κ1) is 9.84. The maximum Gasteiger partial charge on any atom is 0.161 e. The monoisotopic (exact) mass is 256 g/mol. The van der Waals surface area contributed by atoms with Crippen molar-refractivity contribution in [3.05, 3.63) is 23.8 Å². The summed E-state index contributed by atoms with van der Waals surface area (Å²) in [6.45, 7) is 1.51. The fourth-order valence-electron chi connectivity index (χ4n) is 1.47. The van der Waals surface area contributed by atoms with Crippen LogP contribution in [0.3, 0.4) is 0 Å². The van der Waals surface area contributed by atoms with E-state index in [1.165, 1.54) is 5.56 Å². The Morgan fingerprint density at radius 2 is 1.93 bits per heavy atom. The van der Waals surface area contributed by atoms with Gasteiger partial charge in [-0.25, -0.2) is 0 Å². The SMILES string of the molecule is BrCCc1ccc2c(c1)OCCCO2. The second-order valence-corrected chi connectivity index (χ2v) is 4.06. The highest BCUT2D eigenvalue weighted by atomic mass is 79.9. The normalized spacial score (nSPS) is 14.9. The van der Waals surface area contributed by atoms with Crippen LogP contribution in [0.2, 0.25) is 0 Å². The average molecular weight is 257 g/mol. The number of fused-ring (bicyclic) bond motifs is 1. The molecule has 1 aromatic rings. The molecule has 0 aliphatic carbocycles. The van der Waals surface area contributed by atoms with Crippen molar-refractivity contribution in [2.24, 2.45) is 0 Å². The van der Waals surface area contributed by atoms with Crippen molar-refractivity contribution in [1.29, 1.82) is 0 Å². The highest BCUT2D eigenvalue weighted by Crippen LogP contribution is 2.30. The molecule has 14 heavy (non-hydrogen) atoms. The first-order valence-corrected chi connectivity index (χ1v) is 5.97. The Kier molecular flexibility index (Phi) is 3.30. The average Bonchev–Trinajstić information content (AvgIpc) is 2.42. The summed E-state index contributed by atoms with van der Waals surface area (Å²) in [7, 11) is 0. The van der Waals surface area contributed by atoms with Crippen molar-refractivity contribution in [2.45, 2.75) is 12.8 Å². The zero-order chi connectivity index (χ0) is 9.80. The van der Waals surface area contributed by atoms with Gasteiger partial charge in [0, 0.05) is 11.8 Å². The first-order chi connectivity index (χ1) is 6.90. The predicted molar refractivity (Wildman–Crippen MR) is 59.5 cm³/mol. The van der Waals surface area contributed by atoms with Crippen LogP contribution in [0.25, 0.3) is 0 Å². The molecule has 3 heteroatoms. The molecule has 1 aromatic carbocycles. The quantitative estimate of drug-likeness (QED) is 0.758. The van der Waals surface area contributed by atoms with Gasteiger partial charge >= 0.3 is 0 Å². The number of hydrogen-bond donors (Lipinski definition) is 0. The van der Waals surface area contributed by atoms with Crippen LogP contribution in [-0.2, 0) is 6.42 Å². The summed E-state index contributed by atoms with van der Waals surface area (Å²) >= 11 is 3.43. The lowest BCUT2D eigenvalue weighted by Crippen LogP contribution is -1.97. The van der Waals surface area contributed by atoms with E-state index in [1.54, 1.807) is 0 Å². The zero-order valence-corrected chi connectivity index (χ0v) is 9.55. The molecule has 0 unspecified atom stereocenters. The van der Waals surface area contributed by atoms with E-state index in [0.29, 0.717) is 0 Å². The Balaban J connectivity index is 2.23. The predicted octanol–water partition coefficient (Wildman–Crippen LogP) is 2.79. The zero-order valence-electron chi connectivity index (χ0n) is 7.96. The molecule has 2 nitrogen and oxygen atoms in total. The largest absolute Gasteiger partial charge is 0.490 e. The molecular weight excluding hydrogens is 244 g/mol. The highest BCUT2D eigenvalue weighted by Gasteiger charge is 2.09. The van der Waals surface area contributed by atoms with Gasteiger partial charge in [-0.05, 0) is 24.1 Å². The van der Waals surface area contributed by atoms with E-state index in [9.17, 15) is 0 Å². The lowest BCUT2D eigenvalue weighted by Gasteiger charge is -2.08. The number of benzene rings is 1. The third-order valence-electron chi connectivity index (χ3n) is 2.20. The third-order valence-corrected chi connectivity index (χ3v) is 2.59. The molecule has 0 N–H and O–H groups in total. The molecule has 0 atom stereocenters. The minimum atomic E-state index is 0.755. The van der Waals surface area contributed by atoms with Gasteiger partial charge in [0.2, 0.25) is 0 Å². The molecule has 0 aromatic heterocycles. The van der Waals surface area contributed by atoms with Gasteiger partial charge in [0.05, 0.1) is 13.2 Å². The van der Waals surface area contributed by atoms with Gasteiger partial charge in [-0.3, -0.25) is 0 Å². The molecular formula is C11H13BrO2. The molecule has 0 bridgehead atoms. The van der Waals surface area contributed by atoms with E-state index in [-0.39, 0.29) is 0 Å². The minimum Gasteiger partial charge on any atom is -0.490 e. The third kappa shape index (κ3) is 2.21. The summed E-state index contributed by atoms with van der Waals surface area (Å²) in [5, 5.41) is 0.979. The van der Waals surface area contributed by atoms with Gasteiger partial charge in [-0.1, -0.05) is 22.0 Å². The molecule has 0 fully saturated rings. The van der Waals surface area contributed by atoms with Crippen LogP contribution < -0.4 is 9.47 Å². The van der Waals surface area contributed by atoms with E-state index in [1.807, 2.05) is 6.07 Å². The van der Waals surface area contributed by atoms with Crippen molar-refractivity contribution < 1.29 is 9.47 Å². The molecule has 2 rings (SSSR count). The topological polar surface area (TPSA) is 18.5 Å². The molecule has 0 radical (unpaired) electrons. The van der Waals surface area contributed by atoms with E-state index >= 15 is 0 Å². The molecule has 0 saturated carbocycles. The Morgan fingerprint density at radius 3 is 2.71 bits per heavy atom. The van der Waals surface area contributed by atoms with Gasteiger partial charge in [0.1, 0.15) is 0 Å². The fourth-order valence-corrected chi connectivity index (χ4v) is 1.93. The van der Waals surface area contributed by atoms with Crippen LogP contribution >= 0.6 is 15.9 Å². The van der Waals surface area contributed by atoms with Crippen molar-refractivity contribution in [1.82, 2.24) is 0 Å². The second kappa shape index (κ2) is 4.69. The van der Waals surface area contributed by atoms with Crippen molar-refractivity contribution in [3.8, 4) is 11.5 Å². The van der Waals surface area contributed by atoms with Crippen molar-refractivity contribution >= 4 is 15.9 Å². The maximum atomic E-state index is 5.60. The van der Waals surface area contributed by atoms with Crippen LogP contribution in [0.5, 0.6) is 11.5 Å². The fraction of sp³-hybridized carbons (Fsp3) is 0.455. The summed E-state index contributed by atoms with van der Waals surface area (Å²) in [6, 6.07) is 6.16. The molecule has 0 amide bonds. The van der Waals surface area contributed by atoms with Gasteiger partial charge in [-0.15, -0.1) is 0 Å². The molecule has 1 aliphatic heterocycles. The first-order valence-electron chi connectivity index (χ1n) is 4.84. The number of ether oxygens (including phenoxy) is 2. The summed E-state index contributed by atoms with van der Waals surface area (Å²) < 4.78 is 11.1. The summed E-state index contributed by atoms with van der Waals surface area (Å²) in [5.74, 6) is 1.77. The lowest BCUT2D eigenvalue weighted by molar-refractivity contribution is 0.297. The van der Waals surface area contributed by atoms with Crippen LogP contribution in [0, 0.1) is 0 Å². The van der Waals surface area contributed by atoms with Crippen LogP contribution in [-0.4, -0.2) is 18.5 Å². The van der Waals surface area contributed by atoms with E-state index in [4.69, 9.17) is 9.47 Å². The van der Waals surface area contributed by atoms with Gasteiger partial charge < -0.3 is 9.47 Å². The van der Waals surface area contributed by atoms with Crippen molar-refractivity contribution in [2.75, 3.05) is 18.5 Å². The smallest absolute Gasteiger partial charge is 0.161 e. The van der Waals surface area contributed by atoms with E-state index in [0.717, 1.165) is 42.9 Å². The Labute approximate surface area is 92.3 Å². The maximum absolute atomic E-state index is 5.60. The lowest BCUT2D eigenvalue weighted by atomic mass is 10.1. The van der Waals surface area contributed by atoms with E-state index < -0.39 is 0 Å². The standard InChI is InChI=1S/C11H13BrO2/c12-5-4-9-2-3-10-11(8-9)14-7-1-6-13-10/h2-3,8H,1,4-7H2. The molecule has 0 saturated heterocycles. The number of alkyl halides is 1. The number of aryl methyl sites for hydroxylation is 1. The Morgan fingerprint density at radius 1 is 1.14 bits per heavy atom. The second-order valence-electron chi connectivity index (χ2n) is 3.27. The number of halogens is 1. The summed E-state index contributed by atoms with van der Waals surface area (Å²) in [5.41, 5.74) is 1.28.